The van der Waals surface area contributed by atoms with Crippen molar-refractivity contribution in [2.75, 3.05) is 26.2 Å². The summed E-state index contributed by atoms with van der Waals surface area (Å²) in [5.74, 6) is -0.0410. The molecular weight excluding hydrogens is 387 g/mol. The number of amides is 2. The third kappa shape index (κ3) is 4.99. The summed E-state index contributed by atoms with van der Waals surface area (Å²) < 4.78 is 13.1. The number of nitrogens with one attached hydrogen (secondary N) is 2. The smallest absolute Gasteiger partial charge is 0.237 e. The quantitative estimate of drug-likeness (QED) is 0.631. The fourth-order valence-electron chi connectivity index (χ4n) is 4.82. The van der Waals surface area contributed by atoms with Crippen LogP contribution in [0.3, 0.4) is 0 Å². The van der Waals surface area contributed by atoms with E-state index in [2.05, 4.69) is 15.5 Å². The maximum Gasteiger partial charge on any atom is 0.237 e. The second-order valence-corrected chi connectivity index (χ2v) is 8.70. The number of fused-ring (bicyclic) bond motifs is 1. The zero-order valence-electron chi connectivity index (χ0n) is 17.2. The minimum Gasteiger partial charge on any atom is -0.393 e. The van der Waals surface area contributed by atoms with E-state index in [1.165, 1.54) is 12.1 Å². The van der Waals surface area contributed by atoms with Gasteiger partial charge in [0.25, 0.3) is 0 Å². The number of piperazine rings is 1. The number of aliphatic hydroxyl groups excluding tert-OH is 1. The van der Waals surface area contributed by atoms with E-state index in [4.69, 9.17) is 0 Å². The predicted octanol–water partition coefficient (Wildman–Crippen LogP) is 0.620. The normalized spacial score (nSPS) is 27.7. The van der Waals surface area contributed by atoms with Gasteiger partial charge in [0, 0.05) is 51.2 Å². The molecular formula is C22H31FN4O3. The highest BCUT2D eigenvalue weighted by atomic mass is 19.1. The Labute approximate surface area is 176 Å². The van der Waals surface area contributed by atoms with Gasteiger partial charge in [0.2, 0.25) is 11.8 Å². The molecule has 3 heterocycles. The van der Waals surface area contributed by atoms with E-state index in [-0.39, 0.29) is 41.9 Å². The topological polar surface area (TPSA) is 84.9 Å². The predicted molar refractivity (Wildman–Crippen MR) is 110 cm³/mol. The van der Waals surface area contributed by atoms with Crippen LogP contribution in [0.25, 0.3) is 0 Å². The van der Waals surface area contributed by atoms with Gasteiger partial charge in [-0.15, -0.1) is 0 Å². The van der Waals surface area contributed by atoms with Crippen LogP contribution in [0.15, 0.2) is 24.3 Å². The first kappa shape index (κ1) is 21.2. The molecule has 0 saturated carbocycles. The summed E-state index contributed by atoms with van der Waals surface area (Å²) >= 11 is 0. The van der Waals surface area contributed by atoms with E-state index >= 15 is 0 Å². The largest absolute Gasteiger partial charge is 0.393 e. The number of likely N-dealkylation sites (tertiary alicyclic amines) is 1. The van der Waals surface area contributed by atoms with E-state index in [0.717, 1.165) is 24.9 Å². The van der Waals surface area contributed by atoms with Crippen molar-refractivity contribution in [1.82, 2.24) is 20.4 Å². The lowest BCUT2D eigenvalue weighted by atomic mass is 10.0. The average Bonchev–Trinajstić information content (AvgIpc) is 3.18. The minimum absolute atomic E-state index is 0.0636. The molecule has 1 aromatic carbocycles. The molecule has 3 aliphatic rings. The highest BCUT2D eigenvalue weighted by molar-refractivity contribution is 5.83. The van der Waals surface area contributed by atoms with Gasteiger partial charge in [-0.25, -0.2) is 4.39 Å². The fourth-order valence-corrected chi connectivity index (χ4v) is 4.82. The van der Waals surface area contributed by atoms with Gasteiger partial charge in [-0.1, -0.05) is 12.1 Å². The molecule has 4 rings (SSSR count). The molecule has 0 spiro atoms. The summed E-state index contributed by atoms with van der Waals surface area (Å²) in [6.07, 6.45) is 2.95. The van der Waals surface area contributed by atoms with Crippen molar-refractivity contribution in [2.45, 2.75) is 62.9 Å². The zero-order chi connectivity index (χ0) is 21.1. The van der Waals surface area contributed by atoms with Gasteiger partial charge in [0.05, 0.1) is 12.1 Å². The van der Waals surface area contributed by atoms with E-state index in [9.17, 15) is 19.1 Å². The number of nitrogens with zero attached hydrogens (tertiary/aromatic N) is 2. The number of carbonyl (C=O) groups is 2. The summed E-state index contributed by atoms with van der Waals surface area (Å²) in [6.45, 7) is 3.24. The first-order valence-corrected chi connectivity index (χ1v) is 11.0. The second-order valence-electron chi connectivity index (χ2n) is 8.70. The van der Waals surface area contributed by atoms with E-state index in [0.29, 0.717) is 45.4 Å². The first-order chi connectivity index (χ1) is 14.5. The number of benzene rings is 1. The number of piperidine rings is 1. The number of carbonyl (C=O) groups excluding carboxylic acids is 2. The lowest BCUT2D eigenvalue weighted by Crippen LogP contribution is -2.58. The Morgan fingerprint density at radius 3 is 2.70 bits per heavy atom. The molecule has 0 bridgehead atoms. The van der Waals surface area contributed by atoms with Crippen molar-refractivity contribution in [1.29, 1.82) is 0 Å². The van der Waals surface area contributed by atoms with Crippen molar-refractivity contribution in [3.63, 3.8) is 0 Å². The standard InChI is InChI=1S/C22H31FN4O3/c23-16-3-1-15(2-4-16)12-24-17-11-20-22(30)25-13-18(27(20)14-17)5-6-21(29)26-9-7-19(28)8-10-26/h1-4,17-20,24,28H,5-14H2,(H,25,30)/t17-,18+,20-/m0/s1. The average molecular weight is 419 g/mol. The molecule has 164 valence electrons. The molecule has 1 aromatic rings. The van der Waals surface area contributed by atoms with Gasteiger partial charge < -0.3 is 20.6 Å². The second kappa shape index (κ2) is 9.41. The Bertz CT molecular complexity index is 751. The van der Waals surface area contributed by atoms with Crippen molar-refractivity contribution in [3.8, 4) is 0 Å². The lowest BCUT2D eigenvalue weighted by Gasteiger charge is -2.37. The number of rotatable bonds is 6. The number of hydrogen-bond donors (Lipinski definition) is 3. The molecule has 0 radical (unpaired) electrons. The highest BCUT2D eigenvalue weighted by Gasteiger charge is 2.43. The third-order valence-corrected chi connectivity index (χ3v) is 6.64. The van der Waals surface area contributed by atoms with Crippen LogP contribution < -0.4 is 10.6 Å². The van der Waals surface area contributed by atoms with Gasteiger partial charge in [0.1, 0.15) is 5.82 Å². The van der Waals surface area contributed by atoms with Gasteiger partial charge in [-0.05, 0) is 43.4 Å². The fraction of sp³-hybridized carbons (Fsp3) is 0.636. The highest BCUT2D eigenvalue weighted by Crippen LogP contribution is 2.26. The molecule has 0 unspecified atom stereocenters. The van der Waals surface area contributed by atoms with Crippen LogP contribution >= 0.6 is 0 Å². The molecule has 3 saturated heterocycles. The van der Waals surface area contributed by atoms with Gasteiger partial charge in [-0.3, -0.25) is 14.5 Å². The number of aliphatic hydroxyl groups is 1. The van der Waals surface area contributed by atoms with E-state index < -0.39 is 0 Å². The summed E-state index contributed by atoms with van der Waals surface area (Å²) in [6, 6.07) is 6.64. The molecule has 3 aliphatic heterocycles. The lowest BCUT2D eigenvalue weighted by molar-refractivity contribution is -0.134. The summed E-state index contributed by atoms with van der Waals surface area (Å²) in [4.78, 5) is 29.0. The van der Waals surface area contributed by atoms with Crippen molar-refractivity contribution < 1.29 is 19.1 Å². The molecule has 0 aliphatic carbocycles. The van der Waals surface area contributed by atoms with Crippen molar-refractivity contribution in [3.05, 3.63) is 35.6 Å². The van der Waals surface area contributed by atoms with E-state index in [1.54, 1.807) is 12.1 Å². The molecule has 2 amide bonds. The van der Waals surface area contributed by atoms with Crippen LogP contribution in [-0.2, 0) is 16.1 Å². The van der Waals surface area contributed by atoms with Gasteiger partial charge in [-0.2, -0.15) is 0 Å². The summed E-state index contributed by atoms with van der Waals surface area (Å²) in [7, 11) is 0. The Morgan fingerprint density at radius 2 is 1.97 bits per heavy atom. The van der Waals surface area contributed by atoms with Crippen LogP contribution in [-0.4, -0.2) is 77.1 Å². The van der Waals surface area contributed by atoms with Crippen LogP contribution in [0.1, 0.15) is 37.7 Å². The van der Waals surface area contributed by atoms with Crippen LogP contribution in [0.2, 0.25) is 0 Å². The molecule has 3 fully saturated rings. The Morgan fingerprint density at radius 1 is 1.23 bits per heavy atom. The van der Waals surface area contributed by atoms with Gasteiger partial charge in [0.15, 0.2) is 0 Å². The third-order valence-electron chi connectivity index (χ3n) is 6.64. The Balaban J connectivity index is 1.28. The molecule has 8 heteroatoms. The molecule has 7 nitrogen and oxygen atoms in total. The number of hydrogen-bond acceptors (Lipinski definition) is 5. The Hall–Kier alpha value is -2.03. The van der Waals surface area contributed by atoms with Crippen LogP contribution in [0.5, 0.6) is 0 Å². The zero-order valence-corrected chi connectivity index (χ0v) is 17.2. The molecule has 3 atom stereocenters. The molecule has 30 heavy (non-hydrogen) atoms. The van der Waals surface area contributed by atoms with Crippen LogP contribution in [0.4, 0.5) is 4.39 Å². The first-order valence-electron chi connectivity index (χ1n) is 11.0. The monoisotopic (exact) mass is 418 g/mol. The van der Waals surface area contributed by atoms with Crippen molar-refractivity contribution in [2.24, 2.45) is 0 Å². The number of halogens is 1. The Kier molecular flexibility index (Phi) is 6.65. The summed E-state index contributed by atoms with van der Waals surface area (Å²) in [5.41, 5.74) is 1.01. The SMILES string of the molecule is O=C1NC[C@@H](CCC(=O)N2CCC(O)CC2)N2C[C@@H](NCc3ccc(F)cc3)C[C@@H]12. The van der Waals surface area contributed by atoms with Crippen molar-refractivity contribution >= 4 is 11.8 Å². The molecule has 3 N–H and O–H groups in total. The molecule has 0 aromatic heterocycles. The summed E-state index contributed by atoms with van der Waals surface area (Å²) in [5, 5.41) is 16.1. The van der Waals surface area contributed by atoms with Crippen LogP contribution in [0, 0.1) is 5.82 Å². The van der Waals surface area contributed by atoms with E-state index in [1.807, 2.05) is 4.90 Å². The minimum atomic E-state index is -0.285. The maximum absolute atomic E-state index is 13.1. The maximum atomic E-state index is 13.1. The van der Waals surface area contributed by atoms with Gasteiger partial charge >= 0.3 is 0 Å².